The van der Waals surface area contributed by atoms with E-state index in [-0.39, 0.29) is 0 Å². The lowest BCUT2D eigenvalue weighted by molar-refractivity contribution is 0.148. The van der Waals surface area contributed by atoms with Gasteiger partial charge >= 0.3 is 0 Å². The Morgan fingerprint density at radius 2 is 2.22 bits per heavy atom. The van der Waals surface area contributed by atoms with Gasteiger partial charge in [-0.05, 0) is 49.9 Å². The highest BCUT2D eigenvalue weighted by Gasteiger charge is 2.23. The predicted molar refractivity (Wildman–Crippen MR) is 78.9 cm³/mol. The quantitative estimate of drug-likeness (QED) is 0.855. The summed E-state index contributed by atoms with van der Waals surface area (Å²) in [4.78, 5) is 2.30. The van der Waals surface area contributed by atoms with Gasteiger partial charge in [0.25, 0.3) is 0 Å². The topological polar surface area (TPSA) is 23.5 Å². The molecule has 1 aromatic carbocycles. The molecule has 1 aromatic rings. The largest absolute Gasteiger partial charge is 0.388 e. The lowest BCUT2D eigenvalue weighted by Gasteiger charge is -2.19. The van der Waals surface area contributed by atoms with Crippen LogP contribution in [0.3, 0.4) is 0 Å². The van der Waals surface area contributed by atoms with Gasteiger partial charge in [0.05, 0.1) is 6.10 Å². The number of halogens is 2. The van der Waals surface area contributed by atoms with Crippen molar-refractivity contribution in [1.82, 2.24) is 4.90 Å². The Morgan fingerprint density at radius 1 is 1.50 bits per heavy atom. The van der Waals surface area contributed by atoms with Crippen LogP contribution in [0.4, 0.5) is 0 Å². The summed E-state index contributed by atoms with van der Waals surface area (Å²) in [6.07, 6.45) is 2.98. The molecule has 0 spiro atoms. The molecule has 1 aliphatic rings. The van der Waals surface area contributed by atoms with E-state index in [0.29, 0.717) is 5.02 Å². The predicted octanol–water partition coefficient (Wildman–Crippen LogP) is 3.87. The molecule has 1 saturated carbocycles. The van der Waals surface area contributed by atoms with Crippen LogP contribution in [0.2, 0.25) is 5.02 Å². The summed E-state index contributed by atoms with van der Waals surface area (Å²) in [5.41, 5.74) is 0.819. The molecule has 0 amide bonds. The van der Waals surface area contributed by atoms with Gasteiger partial charge < -0.3 is 10.0 Å². The van der Waals surface area contributed by atoms with Crippen LogP contribution >= 0.6 is 27.5 Å². The van der Waals surface area contributed by atoms with Crippen molar-refractivity contribution in [3.8, 4) is 0 Å². The molecule has 4 heteroatoms. The van der Waals surface area contributed by atoms with Gasteiger partial charge in [-0.15, -0.1) is 0 Å². The molecule has 0 radical (unpaired) electrons. The van der Waals surface area contributed by atoms with Crippen LogP contribution < -0.4 is 0 Å². The van der Waals surface area contributed by atoms with Crippen molar-refractivity contribution in [2.24, 2.45) is 5.92 Å². The number of rotatable bonds is 6. The summed E-state index contributed by atoms with van der Waals surface area (Å²) in [7, 11) is 2.12. The third kappa shape index (κ3) is 4.23. The zero-order valence-electron chi connectivity index (χ0n) is 10.6. The first kappa shape index (κ1) is 14.3. The van der Waals surface area contributed by atoms with Crippen LogP contribution in [0.25, 0.3) is 0 Å². The second-order valence-electron chi connectivity index (χ2n) is 5.18. The minimum absolute atomic E-state index is 0.479. The summed E-state index contributed by atoms with van der Waals surface area (Å²) < 4.78 is 0.939. The van der Waals surface area contributed by atoms with Gasteiger partial charge in [-0.1, -0.05) is 33.6 Å². The molecule has 0 saturated heterocycles. The van der Waals surface area contributed by atoms with E-state index in [4.69, 9.17) is 11.6 Å². The van der Waals surface area contributed by atoms with Gasteiger partial charge in [0.15, 0.2) is 0 Å². The molecule has 18 heavy (non-hydrogen) atoms. The number of hydrogen-bond acceptors (Lipinski definition) is 2. The third-order valence-corrected chi connectivity index (χ3v) is 4.19. The van der Waals surface area contributed by atoms with Crippen LogP contribution in [0.5, 0.6) is 0 Å². The van der Waals surface area contributed by atoms with Gasteiger partial charge in [-0.25, -0.2) is 0 Å². The van der Waals surface area contributed by atoms with Gasteiger partial charge in [0, 0.05) is 22.6 Å². The average molecular weight is 333 g/mol. The van der Waals surface area contributed by atoms with Gasteiger partial charge in [0.1, 0.15) is 0 Å². The van der Waals surface area contributed by atoms with E-state index in [9.17, 15) is 5.11 Å². The molecular weight excluding hydrogens is 314 g/mol. The van der Waals surface area contributed by atoms with E-state index < -0.39 is 6.10 Å². The summed E-state index contributed by atoms with van der Waals surface area (Å²) in [6.45, 7) is 2.06. The zero-order chi connectivity index (χ0) is 13.1. The van der Waals surface area contributed by atoms with Crippen molar-refractivity contribution in [2.45, 2.75) is 25.4 Å². The fourth-order valence-corrected chi connectivity index (χ4v) is 2.90. The highest BCUT2D eigenvalue weighted by molar-refractivity contribution is 9.10. The van der Waals surface area contributed by atoms with Crippen molar-refractivity contribution in [3.63, 3.8) is 0 Å². The molecule has 0 bridgehead atoms. The van der Waals surface area contributed by atoms with Crippen molar-refractivity contribution in [1.29, 1.82) is 0 Å². The maximum Gasteiger partial charge on any atom is 0.0816 e. The van der Waals surface area contributed by atoms with Crippen molar-refractivity contribution in [2.75, 3.05) is 20.1 Å². The third-order valence-electron chi connectivity index (χ3n) is 3.37. The molecule has 0 heterocycles. The number of nitrogens with zero attached hydrogens (tertiary/aromatic N) is 1. The zero-order valence-corrected chi connectivity index (χ0v) is 12.9. The Kier molecular flexibility index (Phi) is 5.07. The Bertz CT molecular complexity index is 409. The normalized spacial score (nSPS) is 17.2. The van der Waals surface area contributed by atoms with Crippen LogP contribution in [-0.4, -0.2) is 30.1 Å². The standard InChI is InChI=1S/C14H19BrClNO/c1-17(9-10-2-3-10)7-6-14(18)12-5-4-11(15)8-13(12)16/h4-5,8,10,14,18H,2-3,6-7,9H2,1H3. The van der Waals surface area contributed by atoms with Gasteiger partial charge in [0.2, 0.25) is 0 Å². The lowest BCUT2D eigenvalue weighted by Crippen LogP contribution is -2.23. The Hall–Kier alpha value is -0.0900. The van der Waals surface area contributed by atoms with Crippen molar-refractivity contribution >= 4 is 27.5 Å². The van der Waals surface area contributed by atoms with E-state index in [0.717, 1.165) is 35.5 Å². The van der Waals surface area contributed by atoms with E-state index in [1.54, 1.807) is 0 Å². The van der Waals surface area contributed by atoms with Crippen molar-refractivity contribution < 1.29 is 5.11 Å². The van der Waals surface area contributed by atoms with E-state index in [1.807, 2.05) is 18.2 Å². The summed E-state index contributed by atoms with van der Waals surface area (Å²) in [5.74, 6) is 0.892. The Balaban J connectivity index is 1.84. The molecule has 1 N–H and O–H groups in total. The van der Waals surface area contributed by atoms with Gasteiger partial charge in [-0.3, -0.25) is 0 Å². The lowest BCUT2D eigenvalue weighted by atomic mass is 10.1. The number of aliphatic hydroxyl groups excluding tert-OH is 1. The molecule has 1 atom stereocenters. The molecule has 1 fully saturated rings. The van der Waals surface area contributed by atoms with Crippen LogP contribution in [-0.2, 0) is 0 Å². The second-order valence-corrected chi connectivity index (χ2v) is 6.50. The molecular formula is C14H19BrClNO. The molecule has 0 aliphatic heterocycles. The molecule has 2 nitrogen and oxygen atoms in total. The fourth-order valence-electron chi connectivity index (χ4n) is 2.10. The highest BCUT2D eigenvalue weighted by Crippen LogP contribution is 2.30. The van der Waals surface area contributed by atoms with E-state index >= 15 is 0 Å². The highest BCUT2D eigenvalue weighted by atomic mass is 79.9. The van der Waals surface area contributed by atoms with Crippen LogP contribution in [0.15, 0.2) is 22.7 Å². The van der Waals surface area contributed by atoms with Crippen LogP contribution in [0, 0.1) is 5.92 Å². The smallest absolute Gasteiger partial charge is 0.0816 e. The van der Waals surface area contributed by atoms with Crippen molar-refractivity contribution in [3.05, 3.63) is 33.3 Å². The number of aliphatic hydroxyl groups is 1. The van der Waals surface area contributed by atoms with E-state index in [2.05, 4.69) is 27.9 Å². The Labute approximate surface area is 122 Å². The first-order chi connectivity index (χ1) is 8.56. The summed E-state index contributed by atoms with van der Waals surface area (Å²) >= 11 is 9.50. The maximum absolute atomic E-state index is 10.2. The average Bonchev–Trinajstić information content (AvgIpc) is 3.10. The molecule has 1 aliphatic carbocycles. The fraction of sp³-hybridized carbons (Fsp3) is 0.571. The second kappa shape index (κ2) is 6.38. The SMILES string of the molecule is CN(CCC(O)c1ccc(Br)cc1Cl)CC1CC1. The monoisotopic (exact) mass is 331 g/mol. The van der Waals surface area contributed by atoms with E-state index in [1.165, 1.54) is 12.8 Å². The molecule has 2 rings (SSSR count). The maximum atomic E-state index is 10.2. The Morgan fingerprint density at radius 3 is 2.83 bits per heavy atom. The number of benzene rings is 1. The van der Waals surface area contributed by atoms with Gasteiger partial charge in [-0.2, -0.15) is 0 Å². The summed E-state index contributed by atoms with van der Waals surface area (Å²) in [6, 6.07) is 5.63. The number of hydrogen-bond donors (Lipinski definition) is 1. The minimum atomic E-state index is -0.479. The summed E-state index contributed by atoms with van der Waals surface area (Å²) in [5, 5.41) is 10.8. The van der Waals surface area contributed by atoms with Crippen LogP contribution in [0.1, 0.15) is 30.9 Å². The first-order valence-electron chi connectivity index (χ1n) is 6.38. The first-order valence-corrected chi connectivity index (χ1v) is 7.55. The molecule has 100 valence electrons. The molecule has 1 unspecified atom stereocenters. The molecule has 0 aromatic heterocycles. The minimum Gasteiger partial charge on any atom is -0.388 e.